The van der Waals surface area contributed by atoms with Gasteiger partial charge in [-0.05, 0) is 12.1 Å². The highest BCUT2D eigenvalue weighted by Gasteiger charge is 2.04. The van der Waals surface area contributed by atoms with Crippen molar-refractivity contribution in [2.24, 2.45) is 7.05 Å². The number of benzene rings is 1. The number of nitrogens with one attached hydrogen (secondary N) is 1. The van der Waals surface area contributed by atoms with Crippen LogP contribution in [-0.2, 0) is 13.6 Å². The van der Waals surface area contributed by atoms with E-state index in [1.54, 1.807) is 23.0 Å². The summed E-state index contributed by atoms with van der Waals surface area (Å²) in [5, 5.41) is 16.1. The summed E-state index contributed by atoms with van der Waals surface area (Å²) in [6.07, 6.45) is 3.72. The van der Waals surface area contributed by atoms with Crippen LogP contribution in [0.1, 0.15) is 11.1 Å². The Kier molecular flexibility index (Phi) is 2.97. The largest absolute Gasteiger partial charge is 0.396 e. The quantitative estimate of drug-likeness (QED) is 0.778. The van der Waals surface area contributed by atoms with E-state index in [0.29, 0.717) is 17.8 Å². The number of nitrogen functional groups attached to an aromatic ring is 1. The molecule has 0 atom stereocenters. The molecular weight excluding hydrogens is 214 g/mol. The second-order valence-electron chi connectivity index (χ2n) is 3.75. The lowest BCUT2D eigenvalue weighted by molar-refractivity contribution is 0.767. The number of anilines is 2. The van der Waals surface area contributed by atoms with Crippen molar-refractivity contribution >= 4 is 11.4 Å². The van der Waals surface area contributed by atoms with Crippen LogP contribution >= 0.6 is 0 Å². The molecular formula is C12H13N5. The average Bonchev–Trinajstić information content (AvgIpc) is 2.74. The first-order valence-electron chi connectivity index (χ1n) is 5.20. The molecule has 5 nitrogen and oxygen atoms in total. The number of nitriles is 1. The van der Waals surface area contributed by atoms with E-state index in [0.717, 1.165) is 11.3 Å². The molecule has 86 valence electrons. The van der Waals surface area contributed by atoms with E-state index in [2.05, 4.69) is 16.5 Å². The molecule has 5 heteroatoms. The second kappa shape index (κ2) is 4.58. The molecule has 0 aliphatic rings. The van der Waals surface area contributed by atoms with Gasteiger partial charge in [0.2, 0.25) is 0 Å². The average molecular weight is 227 g/mol. The lowest BCUT2D eigenvalue weighted by Crippen LogP contribution is -2.03. The number of para-hydroxylation sites is 1. The molecule has 0 aliphatic carbocycles. The van der Waals surface area contributed by atoms with Gasteiger partial charge in [0.15, 0.2) is 0 Å². The van der Waals surface area contributed by atoms with E-state index in [4.69, 9.17) is 11.0 Å². The normalized spacial score (nSPS) is 9.88. The van der Waals surface area contributed by atoms with Crippen LogP contribution in [0.15, 0.2) is 30.6 Å². The van der Waals surface area contributed by atoms with Gasteiger partial charge in [-0.1, -0.05) is 6.07 Å². The number of aryl methyl sites for hydroxylation is 1. The Morgan fingerprint density at radius 1 is 1.53 bits per heavy atom. The minimum absolute atomic E-state index is 0.485. The zero-order valence-electron chi connectivity index (χ0n) is 9.51. The summed E-state index contributed by atoms with van der Waals surface area (Å²) in [5.41, 5.74) is 8.66. The first-order chi connectivity index (χ1) is 8.20. The van der Waals surface area contributed by atoms with Gasteiger partial charge in [-0.2, -0.15) is 10.4 Å². The van der Waals surface area contributed by atoms with Crippen LogP contribution < -0.4 is 11.1 Å². The topological polar surface area (TPSA) is 79.7 Å². The van der Waals surface area contributed by atoms with E-state index < -0.39 is 0 Å². The van der Waals surface area contributed by atoms with Crippen LogP contribution in [0.3, 0.4) is 0 Å². The summed E-state index contributed by atoms with van der Waals surface area (Å²) >= 11 is 0. The monoisotopic (exact) mass is 227 g/mol. The molecule has 1 aromatic carbocycles. The molecule has 0 bridgehead atoms. The van der Waals surface area contributed by atoms with Crippen LogP contribution in [0, 0.1) is 11.3 Å². The van der Waals surface area contributed by atoms with Crippen molar-refractivity contribution in [2.45, 2.75) is 6.54 Å². The second-order valence-corrected chi connectivity index (χ2v) is 3.75. The Hall–Kier alpha value is -2.48. The van der Waals surface area contributed by atoms with Gasteiger partial charge < -0.3 is 11.1 Å². The molecule has 2 rings (SSSR count). The van der Waals surface area contributed by atoms with Crippen molar-refractivity contribution in [3.63, 3.8) is 0 Å². The van der Waals surface area contributed by atoms with E-state index in [1.165, 1.54) is 0 Å². The number of rotatable bonds is 3. The van der Waals surface area contributed by atoms with E-state index in [9.17, 15) is 0 Å². The van der Waals surface area contributed by atoms with Crippen molar-refractivity contribution in [1.82, 2.24) is 9.78 Å². The number of nitrogens with zero attached hydrogens (tertiary/aromatic N) is 3. The van der Waals surface area contributed by atoms with E-state index >= 15 is 0 Å². The molecule has 0 fully saturated rings. The minimum atomic E-state index is 0.485. The summed E-state index contributed by atoms with van der Waals surface area (Å²) < 4.78 is 1.74. The molecule has 0 unspecified atom stereocenters. The smallest absolute Gasteiger partial charge is 0.101 e. The predicted molar refractivity (Wildman–Crippen MR) is 66.1 cm³/mol. The third-order valence-electron chi connectivity index (χ3n) is 2.47. The Morgan fingerprint density at radius 2 is 2.35 bits per heavy atom. The molecule has 3 N–H and O–H groups in total. The molecule has 0 amide bonds. The molecule has 0 saturated carbocycles. The maximum Gasteiger partial charge on any atom is 0.101 e. The molecule has 17 heavy (non-hydrogen) atoms. The fraction of sp³-hybridized carbons (Fsp3) is 0.167. The predicted octanol–water partition coefficient (Wildman–Crippen LogP) is 1.49. The van der Waals surface area contributed by atoms with Crippen molar-refractivity contribution in [3.05, 3.63) is 41.7 Å². The first kappa shape index (κ1) is 11.0. The van der Waals surface area contributed by atoms with Gasteiger partial charge in [-0.15, -0.1) is 0 Å². The summed E-state index contributed by atoms with van der Waals surface area (Å²) in [6, 6.07) is 7.42. The molecule has 1 aromatic heterocycles. The number of hydrogen-bond donors (Lipinski definition) is 2. The number of hydrogen-bond acceptors (Lipinski definition) is 4. The maximum atomic E-state index is 8.86. The zero-order chi connectivity index (χ0) is 12.3. The van der Waals surface area contributed by atoms with Crippen molar-refractivity contribution in [3.8, 4) is 6.07 Å². The molecule has 0 saturated heterocycles. The van der Waals surface area contributed by atoms with Gasteiger partial charge in [0.05, 0.1) is 23.1 Å². The van der Waals surface area contributed by atoms with Crippen molar-refractivity contribution < 1.29 is 0 Å². The van der Waals surface area contributed by atoms with Gasteiger partial charge in [-0.3, -0.25) is 4.68 Å². The van der Waals surface area contributed by atoms with Crippen molar-refractivity contribution in [1.29, 1.82) is 5.26 Å². The SMILES string of the molecule is Cn1cc(CNc2cccc(C#N)c2N)cn1. The Morgan fingerprint density at radius 3 is 3.00 bits per heavy atom. The van der Waals surface area contributed by atoms with Crippen LogP contribution in [0.5, 0.6) is 0 Å². The fourth-order valence-electron chi connectivity index (χ4n) is 1.58. The Balaban J connectivity index is 2.12. The maximum absolute atomic E-state index is 8.86. The Labute approximate surface area is 99.5 Å². The summed E-state index contributed by atoms with van der Waals surface area (Å²) in [6.45, 7) is 0.632. The van der Waals surface area contributed by atoms with Gasteiger partial charge in [0.1, 0.15) is 6.07 Å². The third kappa shape index (κ3) is 2.37. The zero-order valence-corrected chi connectivity index (χ0v) is 9.51. The molecule has 0 radical (unpaired) electrons. The van der Waals surface area contributed by atoms with Gasteiger partial charge in [0, 0.05) is 25.4 Å². The van der Waals surface area contributed by atoms with Gasteiger partial charge in [-0.25, -0.2) is 0 Å². The van der Waals surface area contributed by atoms with Gasteiger partial charge >= 0.3 is 0 Å². The molecule has 1 heterocycles. The first-order valence-corrected chi connectivity index (χ1v) is 5.20. The number of aromatic nitrogens is 2. The molecule has 0 aliphatic heterocycles. The van der Waals surface area contributed by atoms with E-state index in [1.807, 2.05) is 19.3 Å². The third-order valence-corrected chi connectivity index (χ3v) is 2.47. The summed E-state index contributed by atoms with van der Waals surface area (Å²) in [7, 11) is 1.87. The van der Waals surface area contributed by atoms with Crippen LogP contribution in [0.4, 0.5) is 11.4 Å². The highest BCUT2D eigenvalue weighted by molar-refractivity contribution is 5.72. The molecule has 0 spiro atoms. The lowest BCUT2D eigenvalue weighted by Gasteiger charge is -2.08. The van der Waals surface area contributed by atoms with Gasteiger partial charge in [0.25, 0.3) is 0 Å². The van der Waals surface area contributed by atoms with Crippen molar-refractivity contribution in [2.75, 3.05) is 11.1 Å². The fourth-order valence-corrected chi connectivity index (χ4v) is 1.58. The Bertz CT molecular complexity index is 565. The summed E-state index contributed by atoms with van der Waals surface area (Å²) in [5.74, 6) is 0. The summed E-state index contributed by atoms with van der Waals surface area (Å²) in [4.78, 5) is 0. The lowest BCUT2D eigenvalue weighted by atomic mass is 10.1. The van der Waals surface area contributed by atoms with Crippen LogP contribution in [0.25, 0.3) is 0 Å². The molecule has 2 aromatic rings. The number of nitrogens with two attached hydrogens (primary N) is 1. The standard InChI is InChI=1S/C12H13N5/c1-17-8-9(7-16-17)6-15-11-4-2-3-10(5-13)12(11)14/h2-4,7-8,15H,6,14H2,1H3. The van der Waals surface area contributed by atoms with E-state index in [-0.39, 0.29) is 0 Å². The van der Waals surface area contributed by atoms with Crippen LogP contribution in [0.2, 0.25) is 0 Å². The highest BCUT2D eigenvalue weighted by Crippen LogP contribution is 2.22. The minimum Gasteiger partial charge on any atom is -0.396 e. The van der Waals surface area contributed by atoms with Crippen LogP contribution in [-0.4, -0.2) is 9.78 Å². The highest BCUT2D eigenvalue weighted by atomic mass is 15.2.